The second-order valence-corrected chi connectivity index (χ2v) is 7.32. The third kappa shape index (κ3) is 3.05. The van der Waals surface area contributed by atoms with Gasteiger partial charge in [-0.3, -0.25) is 0 Å². The van der Waals surface area contributed by atoms with Crippen molar-refractivity contribution in [2.75, 3.05) is 13.2 Å². The maximum absolute atomic E-state index is 12.3. The highest BCUT2D eigenvalue weighted by Crippen LogP contribution is 2.37. The maximum Gasteiger partial charge on any atom is 0.259 e. The van der Waals surface area contributed by atoms with Crippen molar-refractivity contribution >= 4 is 10.0 Å². The first-order valence-corrected chi connectivity index (χ1v) is 8.55. The first-order chi connectivity index (χ1) is 9.42. The van der Waals surface area contributed by atoms with Gasteiger partial charge >= 0.3 is 0 Å². The maximum atomic E-state index is 12.3. The number of aliphatic hydroxyl groups excluding tert-OH is 1. The molecule has 1 aliphatic rings. The molecule has 0 aromatic carbocycles. The normalized spacial score (nSPS) is 18.6. The van der Waals surface area contributed by atoms with Gasteiger partial charge in [-0.05, 0) is 26.7 Å². The molecule has 2 N–H and O–H groups in total. The van der Waals surface area contributed by atoms with E-state index in [1.807, 2.05) is 6.92 Å². The fraction of sp³-hybridized carbons (Fsp3) is 0.769. The lowest BCUT2D eigenvalue weighted by molar-refractivity contribution is 0.134. The average molecular weight is 301 g/mol. The number of nitrogens with zero attached hydrogens (tertiary/aromatic N) is 2. The molecule has 1 aromatic rings. The topological polar surface area (TPSA) is 84.2 Å². The van der Waals surface area contributed by atoms with Crippen LogP contribution < -0.4 is 4.72 Å². The lowest BCUT2D eigenvalue weighted by atomic mass is 9.88. The molecule has 0 radical (unpaired) electrons. The molecule has 1 aliphatic carbocycles. The molecule has 114 valence electrons. The van der Waals surface area contributed by atoms with E-state index in [4.69, 9.17) is 0 Å². The van der Waals surface area contributed by atoms with Gasteiger partial charge in [-0.15, -0.1) is 0 Å². The van der Waals surface area contributed by atoms with Crippen molar-refractivity contribution in [1.82, 2.24) is 14.3 Å². The standard InChI is InChI=1S/C13H23N3O3S/c1-3-16-8-12(15-11(16)2)20(18,19)14-9-13(10-17)6-4-5-7-13/h8,14,17H,3-7,9-10H2,1-2H3. The van der Waals surface area contributed by atoms with Crippen LogP contribution in [0.4, 0.5) is 0 Å². The number of rotatable bonds is 6. The molecule has 0 aliphatic heterocycles. The molecule has 1 saturated carbocycles. The largest absolute Gasteiger partial charge is 0.396 e. The van der Waals surface area contributed by atoms with Crippen LogP contribution in [0.3, 0.4) is 0 Å². The Balaban J connectivity index is 2.10. The van der Waals surface area contributed by atoms with Crippen molar-refractivity contribution in [3.05, 3.63) is 12.0 Å². The molecular weight excluding hydrogens is 278 g/mol. The van der Waals surface area contributed by atoms with Crippen LogP contribution in [0.25, 0.3) is 0 Å². The van der Waals surface area contributed by atoms with Gasteiger partial charge < -0.3 is 9.67 Å². The smallest absolute Gasteiger partial charge is 0.259 e. The third-order valence-electron chi connectivity index (χ3n) is 4.21. The lowest BCUT2D eigenvalue weighted by Gasteiger charge is -2.26. The van der Waals surface area contributed by atoms with Crippen molar-refractivity contribution in [2.45, 2.75) is 51.1 Å². The van der Waals surface area contributed by atoms with E-state index in [1.165, 1.54) is 0 Å². The van der Waals surface area contributed by atoms with Crippen molar-refractivity contribution < 1.29 is 13.5 Å². The van der Waals surface area contributed by atoms with E-state index in [1.54, 1.807) is 17.7 Å². The van der Waals surface area contributed by atoms with Crippen LogP contribution in [0.2, 0.25) is 0 Å². The number of hydrogen-bond acceptors (Lipinski definition) is 4. The minimum absolute atomic E-state index is 0.0257. The summed E-state index contributed by atoms with van der Waals surface area (Å²) in [5.74, 6) is 0.686. The van der Waals surface area contributed by atoms with Crippen LogP contribution in [-0.2, 0) is 16.6 Å². The predicted molar refractivity (Wildman–Crippen MR) is 75.8 cm³/mol. The second kappa shape index (κ2) is 5.83. The van der Waals surface area contributed by atoms with Crippen molar-refractivity contribution in [3.63, 3.8) is 0 Å². The summed E-state index contributed by atoms with van der Waals surface area (Å²) in [4.78, 5) is 4.10. The van der Waals surface area contributed by atoms with Crippen LogP contribution in [-0.4, -0.2) is 36.2 Å². The summed E-state index contributed by atoms with van der Waals surface area (Å²) in [6.07, 6.45) is 5.39. The van der Waals surface area contributed by atoms with Gasteiger partial charge in [0.2, 0.25) is 0 Å². The molecule has 0 amide bonds. The number of nitrogens with one attached hydrogen (secondary N) is 1. The molecule has 20 heavy (non-hydrogen) atoms. The van der Waals surface area contributed by atoms with Crippen molar-refractivity contribution in [1.29, 1.82) is 0 Å². The summed E-state index contributed by atoms with van der Waals surface area (Å²) >= 11 is 0. The van der Waals surface area contributed by atoms with Gasteiger partial charge in [-0.25, -0.2) is 18.1 Å². The van der Waals surface area contributed by atoms with E-state index >= 15 is 0 Å². The zero-order valence-corrected chi connectivity index (χ0v) is 12.9. The summed E-state index contributed by atoms with van der Waals surface area (Å²) in [7, 11) is -3.60. The molecule has 0 atom stereocenters. The van der Waals surface area contributed by atoms with E-state index in [0.29, 0.717) is 12.4 Å². The van der Waals surface area contributed by atoms with Crippen molar-refractivity contribution in [2.24, 2.45) is 5.41 Å². The number of aliphatic hydroxyl groups is 1. The second-order valence-electron chi connectivity index (χ2n) is 5.60. The lowest BCUT2D eigenvalue weighted by Crippen LogP contribution is -2.38. The Morgan fingerprint density at radius 3 is 2.60 bits per heavy atom. The summed E-state index contributed by atoms with van der Waals surface area (Å²) in [6, 6.07) is 0. The fourth-order valence-electron chi connectivity index (χ4n) is 2.77. The SMILES string of the molecule is CCn1cc(S(=O)(=O)NCC2(CO)CCCC2)nc1C. The zero-order valence-electron chi connectivity index (χ0n) is 12.1. The molecule has 0 unspecified atom stereocenters. The molecule has 1 aromatic heterocycles. The molecule has 0 bridgehead atoms. The van der Waals surface area contributed by atoms with Crippen LogP contribution in [0, 0.1) is 12.3 Å². The van der Waals surface area contributed by atoms with E-state index in [2.05, 4.69) is 9.71 Å². The predicted octanol–water partition coefficient (Wildman–Crippen LogP) is 1.04. The van der Waals surface area contributed by atoms with Crippen LogP contribution >= 0.6 is 0 Å². The van der Waals surface area contributed by atoms with E-state index in [-0.39, 0.29) is 23.6 Å². The number of aromatic nitrogens is 2. The number of imidazole rings is 1. The molecule has 0 spiro atoms. The first-order valence-electron chi connectivity index (χ1n) is 7.07. The van der Waals surface area contributed by atoms with Crippen LogP contribution in [0.5, 0.6) is 0 Å². The van der Waals surface area contributed by atoms with Crippen LogP contribution in [0.15, 0.2) is 11.2 Å². The molecular formula is C13H23N3O3S. The summed E-state index contributed by atoms with van der Waals surface area (Å²) < 4.78 is 28.9. The van der Waals surface area contributed by atoms with E-state index in [9.17, 15) is 13.5 Å². The van der Waals surface area contributed by atoms with Crippen molar-refractivity contribution in [3.8, 4) is 0 Å². The average Bonchev–Trinajstić information content (AvgIpc) is 3.04. The quantitative estimate of drug-likeness (QED) is 0.822. The van der Waals surface area contributed by atoms with Gasteiger partial charge in [0.25, 0.3) is 10.0 Å². The van der Waals surface area contributed by atoms with E-state index in [0.717, 1.165) is 25.7 Å². The minimum Gasteiger partial charge on any atom is -0.396 e. The molecule has 2 rings (SSSR count). The minimum atomic E-state index is -3.60. The molecule has 1 fully saturated rings. The van der Waals surface area contributed by atoms with Crippen LogP contribution in [0.1, 0.15) is 38.4 Å². The first kappa shape index (κ1) is 15.5. The highest BCUT2D eigenvalue weighted by Gasteiger charge is 2.34. The van der Waals surface area contributed by atoms with Gasteiger partial charge in [-0.2, -0.15) is 0 Å². The molecule has 0 saturated heterocycles. The highest BCUT2D eigenvalue weighted by molar-refractivity contribution is 7.89. The fourth-order valence-corrected chi connectivity index (χ4v) is 3.93. The molecule has 7 heteroatoms. The third-order valence-corrected chi connectivity index (χ3v) is 5.48. The van der Waals surface area contributed by atoms with Gasteiger partial charge in [0.1, 0.15) is 5.82 Å². The Bertz CT molecular complexity index is 559. The Hall–Kier alpha value is -0.920. The zero-order chi connectivity index (χ0) is 14.8. The number of sulfonamides is 1. The monoisotopic (exact) mass is 301 g/mol. The van der Waals surface area contributed by atoms with E-state index < -0.39 is 10.0 Å². The van der Waals surface area contributed by atoms with Gasteiger partial charge in [0.15, 0.2) is 5.03 Å². The Morgan fingerprint density at radius 1 is 1.45 bits per heavy atom. The Kier molecular flexibility index (Phi) is 4.51. The van der Waals surface area contributed by atoms with Gasteiger partial charge in [0.05, 0.1) is 0 Å². The summed E-state index contributed by atoms with van der Waals surface area (Å²) in [5.41, 5.74) is -0.296. The molecule has 1 heterocycles. The van der Waals surface area contributed by atoms with Gasteiger partial charge in [0, 0.05) is 31.3 Å². The number of aryl methyl sites for hydroxylation is 2. The highest BCUT2D eigenvalue weighted by atomic mass is 32.2. The van der Waals surface area contributed by atoms with Gasteiger partial charge in [-0.1, -0.05) is 12.8 Å². The number of hydrogen-bond donors (Lipinski definition) is 2. The molecule has 6 nitrogen and oxygen atoms in total. The Morgan fingerprint density at radius 2 is 2.10 bits per heavy atom. The summed E-state index contributed by atoms with van der Waals surface area (Å²) in [5, 5.41) is 9.57. The Labute approximate surface area is 120 Å². The summed E-state index contributed by atoms with van der Waals surface area (Å²) in [6.45, 7) is 4.73.